The van der Waals surface area contributed by atoms with Crippen LogP contribution in [0.3, 0.4) is 0 Å². The van der Waals surface area contributed by atoms with Gasteiger partial charge < -0.3 is 20.4 Å². The molecule has 0 saturated carbocycles. The molecule has 0 aromatic rings. The summed E-state index contributed by atoms with van der Waals surface area (Å²) in [5, 5.41) is 21.5. The molecule has 3 N–H and O–H groups in total. The summed E-state index contributed by atoms with van der Waals surface area (Å²) in [4.78, 5) is 24.6. The van der Waals surface area contributed by atoms with Gasteiger partial charge in [-0.25, -0.2) is 9.59 Å². The molecule has 2 unspecified atom stereocenters. The number of hydrogen-bond donors (Lipinski definition) is 3. The second kappa shape index (κ2) is 5.14. The van der Waals surface area contributed by atoms with E-state index in [1.54, 1.807) is 13.8 Å². The first kappa shape index (κ1) is 14.8. The van der Waals surface area contributed by atoms with Gasteiger partial charge in [0.05, 0.1) is 12.1 Å². The Hall–Kier alpha value is -1.30. The first-order valence-electron chi connectivity index (χ1n) is 6.23. The molecule has 1 saturated heterocycles. The van der Waals surface area contributed by atoms with Gasteiger partial charge >= 0.3 is 12.0 Å². The van der Waals surface area contributed by atoms with Crippen LogP contribution in [0.2, 0.25) is 0 Å². The molecule has 0 bridgehead atoms. The number of aliphatic carboxylic acids is 1. The zero-order chi connectivity index (χ0) is 14.0. The number of nitrogens with one attached hydrogen (secondary N) is 1. The molecular weight excluding hydrogens is 236 g/mol. The number of carboxylic acid groups (broad SMARTS) is 1. The van der Waals surface area contributed by atoms with Gasteiger partial charge in [-0.15, -0.1) is 0 Å². The Morgan fingerprint density at radius 2 is 2.11 bits per heavy atom. The SMILES string of the molecule is CCC(C)(NC(=O)N1CCCC(C)(O)C1)C(=O)O. The summed E-state index contributed by atoms with van der Waals surface area (Å²) in [5.41, 5.74) is -2.15. The van der Waals surface area contributed by atoms with Gasteiger partial charge in [-0.05, 0) is 33.1 Å². The van der Waals surface area contributed by atoms with Crippen LogP contribution < -0.4 is 5.32 Å². The van der Waals surface area contributed by atoms with Crippen LogP contribution in [0.4, 0.5) is 4.79 Å². The van der Waals surface area contributed by atoms with Crippen LogP contribution in [-0.2, 0) is 4.79 Å². The van der Waals surface area contributed by atoms with Crippen LogP contribution in [0.5, 0.6) is 0 Å². The third-order valence-electron chi connectivity index (χ3n) is 3.52. The average molecular weight is 258 g/mol. The Bertz CT molecular complexity index is 343. The number of nitrogens with zero attached hydrogens (tertiary/aromatic N) is 1. The number of likely N-dealkylation sites (tertiary alicyclic amines) is 1. The predicted molar refractivity (Wildman–Crippen MR) is 66.3 cm³/mol. The fourth-order valence-corrected chi connectivity index (χ4v) is 2.00. The molecule has 1 heterocycles. The molecule has 0 aromatic heterocycles. The van der Waals surface area contributed by atoms with Crippen molar-refractivity contribution >= 4 is 12.0 Å². The number of aliphatic hydroxyl groups is 1. The van der Waals surface area contributed by atoms with Crippen LogP contribution in [0.1, 0.15) is 40.0 Å². The van der Waals surface area contributed by atoms with E-state index in [-0.39, 0.29) is 6.54 Å². The van der Waals surface area contributed by atoms with Crippen molar-refractivity contribution in [3.8, 4) is 0 Å². The largest absolute Gasteiger partial charge is 0.480 e. The molecule has 2 amide bonds. The molecule has 0 radical (unpaired) electrons. The number of piperidine rings is 1. The first-order chi connectivity index (χ1) is 8.20. The molecule has 1 fully saturated rings. The van der Waals surface area contributed by atoms with Gasteiger partial charge in [0.15, 0.2) is 0 Å². The molecule has 104 valence electrons. The predicted octanol–water partition coefficient (Wildman–Crippen LogP) is 0.796. The maximum atomic E-state index is 12.0. The van der Waals surface area contributed by atoms with E-state index in [4.69, 9.17) is 5.11 Å². The molecule has 1 rings (SSSR count). The van der Waals surface area contributed by atoms with Crippen LogP contribution in [0, 0.1) is 0 Å². The van der Waals surface area contributed by atoms with Crippen molar-refractivity contribution in [1.29, 1.82) is 0 Å². The fraction of sp³-hybridized carbons (Fsp3) is 0.833. The highest BCUT2D eigenvalue weighted by atomic mass is 16.4. The monoisotopic (exact) mass is 258 g/mol. The lowest BCUT2D eigenvalue weighted by molar-refractivity contribution is -0.143. The van der Waals surface area contributed by atoms with Gasteiger partial charge in [-0.1, -0.05) is 6.92 Å². The standard InChI is InChI=1S/C12H22N2O4/c1-4-12(3,9(15)16)13-10(17)14-7-5-6-11(2,18)8-14/h18H,4-8H2,1-3H3,(H,13,17)(H,15,16). The summed E-state index contributed by atoms with van der Waals surface area (Å²) in [5.74, 6) is -1.05. The van der Waals surface area contributed by atoms with Gasteiger partial charge in [0.25, 0.3) is 0 Å². The normalized spacial score (nSPS) is 27.4. The number of urea groups is 1. The summed E-state index contributed by atoms with van der Waals surface area (Å²) >= 11 is 0. The van der Waals surface area contributed by atoms with E-state index in [0.717, 1.165) is 6.42 Å². The third kappa shape index (κ3) is 3.35. The fourth-order valence-electron chi connectivity index (χ4n) is 2.00. The van der Waals surface area contributed by atoms with Crippen LogP contribution >= 0.6 is 0 Å². The van der Waals surface area contributed by atoms with E-state index in [2.05, 4.69) is 5.32 Å². The molecule has 0 aliphatic carbocycles. The maximum Gasteiger partial charge on any atom is 0.329 e. The van der Waals surface area contributed by atoms with E-state index < -0.39 is 23.1 Å². The van der Waals surface area contributed by atoms with E-state index in [0.29, 0.717) is 19.4 Å². The number of β-amino-alcohol motifs (C(OH)–C–C–N with tert-alkyl or cyclic N) is 1. The van der Waals surface area contributed by atoms with E-state index in [9.17, 15) is 14.7 Å². The molecule has 1 aliphatic rings. The smallest absolute Gasteiger partial charge is 0.329 e. The van der Waals surface area contributed by atoms with Crippen molar-refractivity contribution in [1.82, 2.24) is 10.2 Å². The van der Waals surface area contributed by atoms with Crippen molar-refractivity contribution in [3.05, 3.63) is 0 Å². The number of amides is 2. The van der Waals surface area contributed by atoms with Crippen molar-refractivity contribution in [2.45, 2.75) is 51.2 Å². The lowest BCUT2D eigenvalue weighted by atomic mass is 9.95. The molecule has 6 heteroatoms. The van der Waals surface area contributed by atoms with E-state index in [1.807, 2.05) is 0 Å². The van der Waals surface area contributed by atoms with Gasteiger partial charge in [0.1, 0.15) is 5.54 Å². The minimum atomic E-state index is -1.26. The lowest BCUT2D eigenvalue weighted by Gasteiger charge is -2.38. The molecule has 1 aliphatic heterocycles. The van der Waals surface area contributed by atoms with Crippen molar-refractivity contribution in [2.75, 3.05) is 13.1 Å². The number of hydrogen-bond acceptors (Lipinski definition) is 3. The number of carbonyl (C=O) groups excluding carboxylic acids is 1. The van der Waals surface area contributed by atoms with Gasteiger partial charge in [-0.2, -0.15) is 0 Å². The molecule has 0 aromatic carbocycles. The third-order valence-corrected chi connectivity index (χ3v) is 3.52. The van der Waals surface area contributed by atoms with Crippen molar-refractivity contribution < 1.29 is 19.8 Å². The zero-order valence-electron chi connectivity index (χ0n) is 11.2. The minimum Gasteiger partial charge on any atom is -0.480 e. The first-order valence-corrected chi connectivity index (χ1v) is 6.23. The van der Waals surface area contributed by atoms with Crippen LogP contribution in [-0.4, -0.2) is 51.3 Å². The van der Waals surface area contributed by atoms with Crippen LogP contribution in [0.15, 0.2) is 0 Å². The number of carboxylic acids is 1. The van der Waals surface area contributed by atoms with E-state index >= 15 is 0 Å². The van der Waals surface area contributed by atoms with E-state index in [1.165, 1.54) is 11.8 Å². The second-order valence-electron chi connectivity index (χ2n) is 5.44. The average Bonchev–Trinajstić information content (AvgIpc) is 2.27. The Kier molecular flexibility index (Phi) is 4.21. The summed E-state index contributed by atoms with van der Waals surface area (Å²) in [7, 11) is 0. The second-order valence-corrected chi connectivity index (χ2v) is 5.44. The van der Waals surface area contributed by atoms with Crippen molar-refractivity contribution in [2.24, 2.45) is 0 Å². The Balaban J connectivity index is 2.68. The Labute approximate surface area is 107 Å². The quantitative estimate of drug-likeness (QED) is 0.698. The van der Waals surface area contributed by atoms with Crippen LogP contribution in [0.25, 0.3) is 0 Å². The highest BCUT2D eigenvalue weighted by molar-refractivity contribution is 5.85. The molecule has 6 nitrogen and oxygen atoms in total. The van der Waals surface area contributed by atoms with Crippen molar-refractivity contribution in [3.63, 3.8) is 0 Å². The molecular formula is C12H22N2O4. The highest BCUT2D eigenvalue weighted by Gasteiger charge is 2.37. The van der Waals surface area contributed by atoms with Gasteiger partial charge in [-0.3, -0.25) is 0 Å². The molecule has 2 atom stereocenters. The number of carbonyl (C=O) groups is 2. The summed E-state index contributed by atoms with van der Waals surface area (Å²) in [6.07, 6.45) is 1.68. The zero-order valence-corrected chi connectivity index (χ0v) is 11.2. The topological polar surface area (TPSA) is 89.9 Å². The summed E-state index contributed by atoms with van der Waals surface area (Å²) in [6, 6.07) is -0.429. The summed E-state index contributed by atoms with van der Waals surface area (Å²) < 4.78 is 0. The summed E-state index contributed by atoms with van der Waals surface area (Å²) in [6.45, 7) is 5.65. The Morgan fingerprint density at radius 3 is 2.56 bits per heavy atom. The highest BCUT2D eigenvalue weighted by Crippen LogP contribution is 2.21. The lowest BCUT2D eigenvalue weighted by Crippen LogP contribution is -2.59. The minimum absolute atomic E-state index is 0.234. The molecule has 18 heavy (non-hydrogen) atoms. The van der Waals surface area contributed by atoms with Gasteiger partial charge in [0, 0.05) is 6.54 Å². The molecule has 0 spiro atoms. The maximum absolute atomic E-state index is 12.0. The van der Waals surface area contributed by atoms with Gasteiger partial charge in [0.2, 0.25) is 0 Å². The number of rotatable bonds is 3. The Morgan fingerprint density at radius 1 is 1.50 bits per heavy atom.